The number of fused-ring (bicyclic) bond motifs is 3. The lowest BCUT2D eigenvalue weighted by Gasteiger charge is -2.27. The van der Waals surface area contributed by atoms with Gasteiger partial charge in [-0.3, -0.25) is 9.59 Å². The van der Waals surface area contributed by atoms with Crippen LogP contribution in [0.5, 0.6) is 0 Å². The molecule has 0 saturated carbocycles. The fourth-order valence-electron chi connectivity index (χ4n) is 4.94. The molecule has 0 bridgehead atoms. The first-order chi connectivity index (χ1) is 18.3. The Morgan fingerprint density at radius 2 is 1.45 bits per heavy atom. The predicted molar refractivity (Wildman–Crippen MR) is 146 cm³/mol. The summed E-state index contributed by atoms with van der Waals surface area (Å²) < 4.78 is 5.67. The van der Waals surface area contributed by atoms with Gasteiger partial charge in [-0.15, -0.1) is 0 Å². The normalized spacial score (nSPS) is 12.9. The third-order valence-electron chi connectivity index (χ3n) is 6.82. The number of carboxylic acid groups (broad SMARTS) is 1. The molecule has 7 heteroatoms. The molecule has 0 aromatic heterocycles. The molecular formula is C31H34N2O5. The third kappa shape index (κ3) is 6.59. The van der Waals surface area contributed by atoms with Gasteiger partial charge in [0.05, 0.1) is 0 Å². The summed E-state index contributed by atoms with van der Waals surface area (Å²) in [5.74, 6) is -1.35. The number of alkyl carbamates (subject to hydrolysis) is 1. The molecule has 0 heterocycles. The summed E-state index contributed by atoms with van der Waals surface area (Å²) in [6.07, 6.45) is 0.377. The maximum atomic E-state index is 13.5. The number of benzene rings is 3. The van der Waals surface area contributed by atoms with Gasteiger partial charge in [0, 0.05) is 12.5 Å². The highest BCUT2D eigenvalue weighted by molar-refractivity contribution is 5.88. The molecule has 0 fully saturated rings. The molecule has 198 valence electrons. The largest absolute Gasteiger partial charge is 0.480 e. The highest BCUT2D eigenvalue weighted by Gasteiger charge is 2.31. The number of hydrogen-bond donors (Lipinski definition) is 2. The van der Waals surface area contributed by atoms with Crippen molar-refractivity contribution in [1.82, 2.24) is 10.2 Å². The highest BCUT2D eigenvalue weighted by Crippen LogP contribution is 2.44. The number of hydrogen-bond acceptors (Lipinski definition) is 4. The van der Waals surface area contributed by atoms with Gasteiger partial charge < -0.3 is 20.1 Å². The van der Waals surface area contributed by atoms with Crippen molar-refractivity contribution >= 4 is 18.0 Å². The number of nitrogens with one attached hydrogen (secondary N) is 1. The predicted octanol–water partition coefficient (Wildman–Crippen LogP) is 5.44. The fourth-order valence-corrected chi connectivity index (χ4v) is 4.94. The van der Waals surface area contributed by atoms with Gasteiger partial charge in [-0.2, -0.15) is 0 Å². The minimum atomic E-state index is -1.11. The standard InChI is InChI=1S/C31H34N2O5/c1-21(2)16-17-28(30(36)33(19-29(34)35)18-22-10-4-3-5-11-22)32-31(37)38-20-27-25-14-8-6-12-23(25)24-13-7-9-15-26(24)27/h3-15,21,27-28H,16-20H2,1-2H3,(H,32,37)(H,34,35). The fraction of sp³-hybridized carbons (Fsp3) is 0.323. The number of carbonyl (C=O) groups is 3. The lowest BCUT2D eigenvalue weighted by molar-refractivity contribution is -0.145. The van der Waals surface area contributed by atoms with Gasteiger partial charge in [0.15, 0.2) is 0 Å². The summed E-state index contributed by atoms with van der Waals surface area (Å²) in [4.78, 5) is 39.3. The van der Waals surface area contributed by atoms with Crippen LogP contribution in [-0.4, -0.2) is 47.2 Å². The smallest absolute Gasteiger partial charge is 0.407 e. The van der Waals surface area contributed by atoms with Gasteiger partial charge in [0.25, 0.3) is 0 Å². The van der Waals surface area contributed by atoms with Crippen molar-refractivity contribution in [3.8, 4) is 11.1 Å². The highest BCUT2D eigenvalue weighted by atomic mass is 16.5. The molecule has 1 aliphatic carbocycles. The summed E-state index contributed by atoms with van der Waals surface area (Å²) >= 11 is 0. The van der Waals surface area contributed by atoms with Crippen LogP contribution in [0.3, 0.4) is 0 Å². The van der Waals surface area contributed by atoms with E-state index in [1.807, 2.05) is 80.6 Å². The van der Waals surface area contributed by atoms with Gasteiger partial charge in [-0.1, -0.05) is 92.7 Å². The topological polar surface area (TPSA) is 95.9 Å². The minimum absolute atomic E-state index is 0.0976. The van der Waals surface area contributed by atoms with Crippen molar-refractivity contribution in [1.29, 1.82) is 0 Å². The third-order valence-corrected chi connectivity index (χ3v) is 6.82. The van der Waals surface area contributed by atoms with Crippen molar-refractivity contribution in [2.24, 2.45) is 5.92 Å². The summed E-state index contributed by atoms with van der Waals surface area (Å²) in [6.45, 7) is 3.88. The van der Waals surface area contributed by atoms with Crippen LogP contribution in [0, 0.1) is 5.92 Å². The van der Waals surface area contributed by atoms with Crippen molar-refractivity contribution in [3.63, 3.8) is 0 Å². The molecule has 0 aliphatic heterocycles. The van der Waals surface area contributed by atoms with Crippen LogP contribution in [-0.2, 0) is 20.9 Å². The number of amides is 2. The first kappa shape index (κ1) is 26.9. The van der Waals surface area contributed by atoms with E-state index in [1.54, 1.807) is 0 Å². The monoisotopic (exact) mass is 514 g/mol. The molecule has 4 rings (SSSR count). The van der Waals surface area contributed by atoms with Gasteiger partial charge in [-0.05, 0) is 46.6 Å². The van der Waals surface area contributed by atoms with E-state index >= 15 is 0 Å². The van der Waals surface area contributed by atoms with E-state index in [4.69, 9.17) is 4.74 Å². The molecule has 3 aromatic rings. The van der Waals surface area contributed by atoms with Crippen LogP contribution in [0.25, 0.3) is 11.1 Å². The number of carboxylic acids is 1. The Kier molecular flexibility index (Phi) is 8.79. The molecule has 7 nitrogen and oxygen atoms in total. The number of nitrogens with zero attached hydrogens (tertiary/aromatic N) is 1. The van der Waals surface area contributed by atoms with E-state index in [0.717, 1.165) is 27.8 Å². The molecular weight excluding hydrogens is 480 g/mol. The summed E-state index contributed by atoms with van der Waals surface area (Å²) in [5, 5.41) is 12.2. The van der Waals surface area contributed by atoms with Crippen LogP contribution >= 0.6 is 0 Å². The Morgan fingerprint density at radius 3 is 2.03 bits per heavy atom. The zero-order valence-electron chi connectivity index (χ0n) is 21.8. The van der Waals surface area contributed by atoms with E-state index in [0.29, 0.717) is 18.8 Å². The lowest BCUT2D eigenvalue weighted by Crippen LogP contribution is -2.50. The van der Waals surface area contributed by atoms with E-state index in [1.165, 1.54) is 4.90 Å². The SMILES string of the molecule is CC(C)CCC(NC(=O)OCC1c2ccccc2-c2ccccc21)C(=O)N(CC(=O)O)Cc1ccccc1. The zero-order valence-corrected chi connectivity index (χ0v) is 21.8. The first-order valence-corrected chi connectivity index (χ1v) is 13.0. The van der Waals surface area contributed by atoms with Gasteiger partial charge in [0.2, 0.25) is 5.91 Å². The maximum absolute atomic E-state index is 13.5. The Balaban J connectivity index is 1.47. The van der Waals surface area contributed by atoms with Crippen LogP contribution in [0.2, 0.25) is 0 Å². The van der Waals surface area contributed by atoms with Crippen LogP contribution < -0.4 is 5.32 Å². The molecule has 0 saturated heterocycles. The quantitative estimate of drug-likeness (QED) is 0.355. The van der Waals surface area contributed by atoms with Crippen molar-refractivity contribution in [2.45, 2.75) is 45.2 Å². The number of ether oxygens (including phenoxy) is 1. The maximum Gasteiger partial charge on any atom is 0.407 e. The Bertz CT molecular complexity index is 1230. The summed E-state index contributed by atoms with van der Waals surface area (Å²) in [5.41, 5.74) is 5.28. The van der Waals surface area contributed by atoms with Crippen LogP contribution in [0.1, 0.15) is 49.3 Å². The second kappa shape index (κ2) is 12.4. The van der Waals surface area contributed by atoms with E-state index < -0.39 is 30.6 Å². The molecule has 1 atom stereocenters. The van der Waals surface area contributed by atoms with Gasteiger partial charge >= 0.3 is 12.1 Å². The van der Waals surface area contributed by atoms with Crippen LogP contribution in [0.15, 0.2) is 78.9 Å². The summed E-state index contributed by atoms with van der Waals surface area (Å²) in [6, 6.07) is 24.5. The molecule has 3 aromatic carbocycles. The number of rotatable bonds is 11. The minimum Gasteiger partial charge on any atom is -0.480 e. The molecule has 2 N–H and O–H groups in total. The van der Waals surface area contributed by atoms with E-state index in [-0.39, 0.29) is 19.1 Å². The molecule has 0 radical (unpaired) electrons. The van der Waals surface area contributed by atoms with E-state index in [9.17, 15) is 19.5 Å². The van der Waals surface area contributed by atoms with E-state index in [2.05, 4.69) is 17.4 Å². The number of aliphatic carboxylic acids is 1. The molecule has 1 aliphatic rings. The Morgan fingerprint density at radius 1 is 0.868 bits per heavy atom. The first-order valence-electron chi connectivity index (χ1n) is 13.0. The van der Waals surface area contributed by atoms with Crippen molar-refractivity contribution in [3.05, 3.63) is 95.6 Å². The average Bonchev–Trinajstić information content (AvgIpc) is 3.23. The second-order valence-electron chi connectivity index (χ2n) is 10.1. The molecule has 1 unspecified atom stereocenters. The van der Waals surface area contributed by atoms with Crippen molar-refractivity contribution < 1.29 is 24.2 Å². The zero-order chi connectivity index (χ0) is 27.1. The van der Waals surface area contributed by atoms with Gasteiger partial charge in [0.1, 0.15) is 19.2 Å². The molecule has 2 amide bonds. The lowest BCUT2D eigenvalue weighted by atomic mass is 9.98. The van der Waals surface area contributed by atoms with Gasteiger partial charge in [-0.25, -0.2) is 4.79 Å². The molecule has 0 spiro atoms. The Hall–Kier alpha value is -4.13. The summed E-state index contributed by atoms with van der Waals surface area (Å²) in [7, 11) is 0. The molecule has 38 heavy (non-hydrogen) atoms. The van der Waals surface area contributed by atoms with Crippen molar-refractivity contribution in [2.75, 3.05) is 13.2 Å². The Labute approximate surface area is 223 Å². The van der Waals surface area contributed by atoms with Crippen LogP contribution in [0.4, 0.5) is 4.79 Å². The second-order valence-corrected chi connectivity index (χ2v) is 10.1. The average molecular weight is 515 g/mol. The number of carbonyl (C=O) groups excluding carboxylic acids is 2.